The lowest BCUT2D eigenvalue weighted by atomic mass is 10.2. The molecule has 0 aliphatic carbocycles. The van der Waals surface area contributed by atoms with Crippen molar-refractivity contribution in [3.8, 4) is 5.95 Å². The fourth-order valence-corrected chi connectivity index (χ4v) is 4.43. The molecule has 1 aliphatic heterocycles. The number of hydrogen-bond donors (Lipinski definition) is 0. The van der Waals surface area contributed by atoms with Crippen molar-refractivity contribution in [3.63, 3.8) is 0 Å². The van der Waals surface area contributed by atoms with Crippen molar-refractivity contribution >= 4 is 34.4 Å². The van der Waals surface area contributed by atoms with Gasteiger partial charge in [0.15, 0.2) is 0 Å². The molecule has 1 fully saturated rings. The van der Waals surface area contributed by atoms with E-state index < -0.39 is 0 Å². The van der Waals surface area contributed by atoms with E-state index in [2.05, 4.69) is 44.2 Å². The second kappa shape index (κ2) is 9.21. The van der Waals surface area contributed by atoms with Crippen LogP contribution in [0.3, 0.4) is 0 Å². The zero-order chi connectivity index (χ0) is 22.8. The van der Waals surface area contributed by atoms with Gasteiger partial charge in [-0.1, -0.05) is 66.2 Å². The van der Waals surface area contributed by atoms with E-state index in [0.29, 0.717) is 11.6 Å². The number of aromatic nitrogens is 4. The van der Waals surface area contributed by atoms with Gasteiger partial charge in [0, 0.05) is 39.8 Å². The molecule has 7 nitrogen and oxygen atoms in total. The maximum atomic E-state index is 13.1. The normalized spacial score (nSPS) is 15.0. The van der Waals surface area contributed by atoms with Crippen LogP contribution < -0.4 is 10.5 Å². The average molecular weight is 461 g/mol. The van der Waals surface area contributed by atoms with E-state index in [1.54, 1.807) is 6.20 Å². The van der Waals surface area contributed by atoms with Gasteiger partial charge in [-0.3, -0.25) is 9.69 Å². The van der Waals surface area contributed by atoms with E-state index in [0.717, 1.165) is 43.8 Å². The van der Waals surface area contributed by atoms with Gasteiger partial charge in [0.25, 0.3) is 5.56 Å². The molecule has 3 heterocycles. The molecule has 0 spiro atoms. The fraction of sp³-hybridized carbons (Fsp3) is 0.240. The third-order valence-electron chi connectivity index (χ3n) is 6.04. The SMILES string of the molecule is Cn1c(-n2ncc(N3CCN(C/C=C/c4ccccc4)CC3)c(Cl)c2=O)nc2ccccc21. The molecule has 2 aromatic carbocycles. The Morgan fingerprint density at radius 3 is 2.48 bits per heavy atom. The van der Waals surface area contributed by atoms with Gasteiger partial charge in [0.2, 0.25) is 5.95 Å². The quantitative estimate of drug-likeness (QED) is 0.455. The summed E-state index contributed by atoms with van der Waals surface area (Å²) in [5, 5.41) is 4.59. The first-order chi connectivity index (χ1) is 16.1. The second-order valence-corrected chi connectivity index (χ2v) is 8.50. The first kappa shape index (κ1) is 21.4. The van der Waals surface area contributed by atoms with E-state index in [9.17, 15) is 4.79 Å². The third-order valence-corrected chi connectivity index (χ3v) is 6.40. The molecule has 0 amide bonds. The Balaban J connectivity index is 1.29. The number of aryl methyl sites for hydroxylation is 1. The van der Waals surface area contributed by atoms with Gasteiger partial charge in [0.1, 0.15) is 5.02 Å². The molecular formula is C25H25ClN6O. The minimum absolute atomic E-state index is 0.175. The molecule has 33 heavy (non-hydrogen) atoms. The van der Waals surface area contributed by atoms with Crippen LogP contribution in [0.25, 0.3) is 23.1 Å². The number of fused-ring (bicyclic) bond motifs is 1. The number of hydrogen-bond acceptors (Lipinski definition) is 5. The van der Waals surface area contributed by atoms with Crippen LogP contribution in [0.4, 0.5) is 5.69 Å². The highest BCUT2D eigenvalue weighted by Gasteiger charge is 2.22. The molecule has 0 saturated carbocycles. The highest BCUT2D eigenvalue weighted by molar-refractivity contribution is 6.33. The third kappa shape index (κ3) is 4.29. The zero-order valence-electron chi connectivity index (χ0n) is 18.4. The second-order valence-electron chi connectivity index (χ2n) is 8.12. The summed E-state index contributed by atoms with van der Waals surface area (Å²) in [5.41, 5.74) is 3.26. The standard InChI is InChI=1S/C25H25ClN6O/c1-29-21-12-6-5-11-20(21)28-25(29)32-24(33)23(26)22(18-27-32)31-16-14-30(15-17-31)13-7-10-19-8-3-2-4-9-19/h2-12,18H,13-17H2,1H3/b10-7+. The van der Waals surface area contributed by atoms with Crippen molar-refractivity contribution in [1.29, 1.82) is 0 Å². The number of rotatable bonds is 5. The number of anilines is 1. The van der Waals surface area contributed by atoms with Crippen molar-refractivity contribution < 1.29 is 0 Å². The summed E-state index contributed by atoms with van der Waals surface area (Å²) in [5.74, 6) is 0.449. The largest absolute Gasteiger partial charge is 0.366 e. The molecule has 0 bridgehead atoms. The van der Waals surface area contributed by atoms with Gasteiger partial charge >= 0.3 is 0 Å². The molecule has 1 aliphatic rings. The number of nitrogens with zero attached hydrogens (tertiary/aromatic N) is 6. The van der Waals surface area contributed by atoms with E-state index in [-0.39, 0.29) is 10.6 Å². The lowest BCUT2D eigenvalue weighted by Crippen LogP contribution is -2.47. The summed E-state index contributed by atoms with van der Waals surface area (Å²) < 4.78 is 3.12. The lowest BCUT2D eigenvalue weighted by molar-refractivity contribution is 0.284. The molecule has 0 atom stereocenters. The number of halogens is 1. The summed E-state index contributed by atoms with van der Waals surface area (Å²) in [6, 6.07) is 18.0. The Morgan fingerprint density at radius 2 is 1.73 bits per heavy atom. The smallest absolute Gasteiger partial charge is 0.295 e. The molecule has 8 heteroatoms. The minimum Gasteiger partial charge on any atom is -0.366 e. The first-order valence-corrected chi connectivity index (χ1v) is 11.4. The van der Waals surface area contributed by atoms with Gasteiger partial charge in [-0.15, -0.1) is 0 Å². The number of benzene rings is 2. The Kier molecular flexibility index (Phi) is 5.98. The van der Waals surface area contributed by atoms with E-state index in [1.165, 1.54) is 10.2 Å². The summed E-state index contributed by atoms with van der Waals surface area (Å²) in [4.78, 5) is 22.2. The van der Waals surface area contributed by atoms with Gasteiger partial charge < -0.3 is 9.47 Å². The van der Waals surface area contributed by atoms with Gasteiger partial charge in [0.05, 0.1) is 22.9 Å². The Morgan fingerprint density at radius 1 is 1.00 bits per heavy atom. The Bertz CT molecular complexity index is 1350. The van der Waals surface area contributed by atoms with E-state index in [4.69, 9.17) is 11.6 Å². The van der Waals surface area contributed by atoms with Gasteiger partial charge in [-0.2, -0.15) is 9.78 Å². The highest BCUT2D eigenvalue weighted by Crippen LogP contribution is 2.23. The van der Waals surface area contributed by atoms with Crippen molar-refractivity contribution in [3.05, 3.63) is 87.8 Å². The van der Waals surface area contributed by atoms with Gasteiger partial charge in [-0.25, -0.2) is 4.98 Å². The van der Waals surface area contributed by atoms with E-state index >= 15 is 0 Å². The minimum atomic E-state index is -0.360. The lowest BCUT2D eigenvalue weighted by Gasteiger charge is -2.35. The maximum absolute atomic E-state index is 13.1. The van der Waals surface area contributed by atoms with Crippen LogP contribution in [-0.2, 0) is 7.05 Å². The average Bonchev–Trinajstić information content (AvgIpc) is 3.18. The predicted octanol–water partition coefficient (Wildman–Crippen LogP) is 3.61. The van der Waals surface area contributed by atoms with Gasteiger partial charge in [-0.05, 0) is 17.7 Å². The number of para-hydroxylation sites is 2. The Hall–Kier alpha value is -3.42. The van der Waals surface area contributed by atoms with Crippen molar-refractivity contribution in [2.75, 3.05) is 37.6 Å². The summed E-state index contributed by atoms with van der Waals surface area (Å²) in [6.07, 6.45) is 6.01. The van der Waals surface area contributed by atoms with Crippen LogP contribution in [-0.4, -0.2) is 57.0 Å². The highest BCUT2D eigenvalue weighted by atomic mass is 35.5. The summed E-state index contributed by atoms with van der Waals surface area (Å²) in [6.45, 7) is 4.25. The summed E-state index contributed by atoms with van der Waals surface area (Å²) >= 11 is 6.54. The zero-order valence-corrected chi connectivity index (χ0v) is 19.2. The number of piperazine rings is 1. The maximum Gasteiger partial charge on any atom is 0.295 e. The predicted molar refractivity (Wildman–Crippen MR) is 133 cm³/mol. The molecule has 2 aromatic heterocycles. The molecule has 0 radical (unpaired) electrons. The number of imidazole rings is 1. The molecule has 5 rings (SSSR count). The fourth-order valence-electron chi connectivity index (χ4n) is 4.18. The van der Waals surface area contributed by atoms with Crippen LogP contribution in [0.2, 0.25) is 5.02 Å². The van der Waals surface area contributed by atoms with Crippen LogP contribution in [0.15, 0.2) is 71.7 Å². The van der Waals surface area contributed by atoms with Crippen molar-refractivity contribution in [2.24, 2.45) is 7.05 Å². The first-order valence-electron chi connectivity index (χ1n) is 11.0. The van der Waals surface area contributed by atoms with Crippen LogP contribution in [0, 0.1) is 0 Å². The van der Waals surface area contributed by atoms with Crippen LogP contribution in [0.5, 0.6) is 0 Å². The molecule has 1 saturated heterocycles. The summed E-state index contributed by atoms with van der Waals surface area (Å²) in [7, 11) is 1.87. The van der Waals surface area contributed by atoms with Crippen molar-refractivity contribution in [2.45, 2.75) is 0 Å². The molecule has 168 valence electrons. The molecule has 0 unspecified atom stereocenters. The van der Waals surface area contributed by atoms with Crippen molar-refractivity contribution in [1.82, 2.24) is 24.2 Å². The van der Waals surface area contributed by atoms with Crippen LogP contribution in [0.1, 0.15) is 5.56 Å². The Labute approximate surface area is 197 Å². The van der Waals surface area contributed by atoms with E-state index in [1.807, 2.05) is 54.1 Å². The topological polar surface area (TPSA) is 59.2 Å². The molecule has 0 N–H and O–H groups in total. The monoisotopic (exact) mass is 460 g/mol. The molecule has 4 aromatic rings. The van der Waals surface area contributed by atoms with Crippen LogP contribution >= 0.6 is 11.6 Å². The molecular weight excluding hydrogens is 436 g/mol.